The third-order valence-corrected chi connectivity index (χ3v) is 1.28. The number of aliphatic hydroxyl groups is 1. The van der Waals surface area contributed by atoms with E-state index in [1.165, 1.54) is 13.0 Å². The molecule has 1 atom stereocenters. The molecule has 0 bridgehead atoms. The van der Waals surface area contributed by atoms with Crippen LogP contribution in [0.25, 0.3) is 0 Å². The number of ether oxygens (including phenoxy) is 2. The first-order valence-corrected chi connectivity index (χ1v) is 3.82. The number of hydrogen-bond acceptors (Lipinski definition) is 4. The highest BCUT2D eigenvalue weighted by atomic mass is 16.7. The summed E-state index contributed by atoms with van der Waals surface area (Å²) in [5.41, 5.74) is 0.0159. The molecule has 13 heavy (non-hydrogen) atoms. The van der Waals surface area contributed by atoms with Crippen molar-refractivity contribution in [3.63, 3.8) is 0 Å². The third-order valence-electron chi connectivity index (χ3n) is 1.28. The van der Waals surface area contributed by atoms with Gasteiger partial charge in [-0.25, -0.2) is 4.79 Å². The Morgan fingerprint density at radius 1 is 1.69 bits per heavy atom. The Labute approximate surface area is 77.5 Å². The first-order chi connectivity index (χ1) is 6.09. The van der Waals surface area contributed by atoms with E-state index < -0.39 is 12.1 Å². The van der Waals surface area contributed by atoms with Gasteiger partial charge in [-0.05, 0) is 6.92 Å². The molecule has 0 fully saturated rings. The Morgan fingerprint density at radius 3 is 2.77 bits per heavy atom. The van der Waals surface area contributed by atoms with Crippen LogP contribution >= 0.6 is 0 Å². The molecule has 0 saturated heterocycles. The molecule has 0 aliphatic rings. The molecule has 0 heterocycles. The Kier molecular flexibility index (Phi) is 5.84. The van der Waals surface area contributed by atoms with E-state index in [0.717, 1.165) is 0 Å². The fourth-order valence-electron chi connectivity index (χ4n) is 0.490. The van der Waals surface area contributed by atoms with E-state index in [4.69, 9.17) is 9.84 Å². The number of esters is 1. The molecular weight excluding hydrogens is 172 g/mol. The van der Waals surface area contributed by atoms with Gasteiger partial charge in [0.1, 0.15) is 0 Å². The Morgan fingerprint density at radius 2 is 2.31 bits per heavy atom. The van der Waals surface area contributed by atoms with Crippen LogP contribution in [0.2, 0.25) is 0 Å². The lowest BCUT2D eigenvalue weighted by Gasteiger charge is -2.08. The van der Waals surface area contributed by atoms with Crippen molar-refractivity contribution in [2.45, 2.75) is 13.0 Å². The molecule has 0 aromatic rings. The van der Waals surface area contributed by atoms with Crippen LogP contribution in [0.1, 0.15) is 6.92 Å². The minimum atomic E-state index is -0.896. The number of aliphatic hydroxyl groups excluding tert-OH is 1. The second kappa shape index (κ2) is 6.39. The monoisotopic (exact) mass is 186 g/mol. The van der Waals surface area contributed by atoms with Crippen LogP contribution < -0.4 is 0 Å². The molecule has 1 unspecified atom stereocenters. The highest BCUT2D eigenvalue weighted by Crippen LogP contribution is 2.00. The molecule has 0 aromatic heterocycles. The zero-order valence-corrected chi connectivity index (χ0v) is 7.66. The summed E-state index contributed by atoms with van der Waals surface area (Å²) in [7, 11) is 0. The average Bonchev–Trinajstić information content (AvgIpc) is 2.10. The molecule has 4 heteroatoms. The second-order valence-corrected chi connectivity index (χ2v) is 2.41. The average molecular weight is 186 g/mol. The van der Waals surface area contributed by atoms with Gasteiger partial charge in [-0.3, -0.25) is 0 Å². The largest absolute Gasteiger partial charge is 0.435 e. The highest BCUT2D eigenvalue weighted by molar-refractivity contribution is 5.88. The summed E-state index contributed by atoms with van der Waals surface area (Å²) < 4.78 is 9.40. The fourth-order valence-corrected chi connectivity index (χ4v) is 0.490. The third kappa shape index (κ3) is 5.16. The van der Waals surface area contributed by atoms with Crippen LogP contribution in [-0.4, -0.2) is 30.6 Å². The lowest BCUT2D eigenvalue weighted by molar-refractivity contribution is -0.151. The first-order valence-electron chi connectivity index (χ1n) is 3.82. The summed E-state index contributed by atoms with van der Waals surface area (Å²) in [6.07, 6.45) is 0.643. The van der Waals surface area contributed by atoms with Crippen LogP contribution in [-0.2, 0) is 14.3 Å². The Bertz CT molecular complexity index is 196. The summed E-state index contributed by atoms with van der Waals surface area (Å²) in [5.74, 6) is -0.654. The molecule has 0 amide bonds. The van der Waals surface area contributed by atoms with Crippen molar-refractivity contribution in [2.75, 3.05) is 13.4 Å². The summed E-state index contributed by atoms with van der Waals surface area (Å²) in [5, 5.41) is 8.94. The second-order valence-electron chi connectivity index (χ2n) is 2.41. The van der Waals surface area contributed by atoms with E-state index >= 15 is 0 Å². The topological polar surface area (TPSA) is 55.8 Å². The van der Waals surface area contributed by atoms with E-state index in [1.54, 1.807) is 0 Å². The van der Waals surface area contributed by atoms with Gasteiger partial charge in [0, 0.05) is 0 Å². The molecule has 0 saturated carbocycles. The summed E-state index contributed by atoms with van der Waals surface area (Å²) in [4.78, 5) is 11.0. The SMILES string of the molecule is C=CCOCOC(=O)C(=C)C(C)O. The minimum absolute atomic E-state index is 0.0159. The Balaban J connectivity index is 3.62. The Hall–Kier alpha value is -1.13. The predicted molar refractivity (Wildman–Crippen MR) is 47.9 cm³/mol. The molecule has 4 nitrogen and oxygen atoms in total. The molecule has 0 spiro atoms. The van der Waals surface area contributed by atoms with Gasteiger partial charge >= 0.3 is 5.97 Å². The fraction of sp³-hybridized carbons (Fsp3) is 0.444. The molecule has 0 aromatic carbocycles. The minimum Gasteiger partial charge on any atom is -0.435 e. The van der Waals surface area contributed by atoms with Crippen molar-refractivity contribution in [3.05, 3.63) is 24.8 Å². The van der Waals surface area contributed by atoms with Gasteiger partial charge in [-0.15, -0.1) is 6.58 Å². The maximum atomic E-state index is 11.0. The van der Waals surface area contributed by atoms with E-state index in [9.17, 15) is 4.79 Å². The van der Waals surface area contributed by atoms with E-state index in [2.05, 4.69) is 17.9 Å². The smallest absolute Gasteiger partial charge is 0.338 e. The van der Waals surface area contributed by atoms with Crippen LogP contribution in [0.15, 0.2) is 24.8 Å². The molecular formula is C9H14O4. The van der Waals surface area contributed by atoms with E-state index in [1.807, 2.05) is 0 Å². The van der Waals surface area contributed by atoms with Gasteiger partial charge in [-0.1, -0.05) is 12.7 Å². The zero-order chi connectivity index (χ0) is 10.3. The maximum absolute atomic E-state index is 11.0. The van der Waals surface area contributed by atoms with Gasteiger partial charge in [0.2, 0.25) is 0 Å². The molecule has 0 rings (SSSR count). The highest BCUT2D eigenvalue weighted by Gasteiger charge is 2.12. The van der Waals surface area contributed by atoms with Gasteiger partial charge in [0.05, 0.1) is 18.3 Å². The number of carbonyl (C=O) groups excluding carboxylic acids is 1. The van der Waals surface area contributed by atoms with Crippen molar-refractivity contribution in [1.29, 1.82) is 0 Å². The lowest BCUT2D eigenvalue weighted by Crippen LogP contribution is -2.17. The normalized spacial score (nSPS) is 11.8. The van der Waals surface area contributed by atoms with Gasteiger partial charge in [0.25, 0.3) is 0 Å². The van der Waals surface area contributed by atoms with Crippen molar-refractivity contribution >= 4 is 5.97 Å². The maximum Gasteiger partial charge on any atom is 0.338 e. The molecule has 0 aliphatic carbocycles. The van der Waals surface area contributed by atoms with Gasteiger partial charge < -0.3 is 14.6 Å². The molecule has 1 N–H and O–H groups in total. The van der Waals surface area contributed by atoms with Crippen molar-refractivity contribution < 1.29 is 19.4 Å². The summed E-state index contributed by atoms with van der Waals surface area (Å²) in [6, 6.07) is 0. The molecule has 0 radical (unpaired) electrons. The predicted octanol–water partition coefficient (Wildman–Crippen LogP) is 0.627. The van der Waals surface area contributed by atoms with E-state index in [0.29, 0.717) is 6.61 Å². The van der Waals surface area contributed by atoms with Crippen molar-refractivity contribution in [3.8, 4) is 0 Å². The van der Waals surface area contributed by atoms with Crippen LogP contribution in [0.3, 0.4) is 0 Å². The van der Waals surface area contributed by atoms with Crippen LogP contribution in [0.4, 0.5) is 0 Å². The van der Waals surface area contributed by atoms with Crippen LogP contribution in [0.5, 0.6) is 0 Å². The van der Waals surface area contributed by atoms with Crippen molar-refractivity contribution in [2.24, 2.45) is 0 Å². The molecule has 74 valence electrons. The molecule has 0 aliphatic heterocycles. The van der Waals surface area contributed by atoms with E-state index in [-0.39, 0.29) is 12.4 Å². The van der Waals surface area contributed by atoms with Gasteiger partial charge in [0.15, 0.2) is 6.79 Å². The van der Waals surface area contributed by atoms with Crippen molar-refractivity contribution in [1.82, 2.24) is 0 Å². The first kappa shape index (κ1) is 11.9. The lowest BCUT2D eigenvalue weighted by atomic mass is 10.2. The zero-order valence-electron chi connectivity index (χ0n) is 7.66. The number of hydrogen-bond donors (Lipinski definition) is 1. The quantitative estimate of drug-likeness (QED) is 0.217. The van der Waals surface area contributed by atoms with Crippen LogP contribution in [0, 0.1) is 0 Å². The summed E-state index contributed by atoms with van der Waals surface area (Å²) in [6.45, 7) is 8.37. The standard InChI is InChI=1S/C9H14O4/c1-4-5-12-6-13-9(11)7(2)8(3)10/h4,8,10H,1-2,5-6H2,3H3. The number of carbonyl (C=O) groups is 1. The van der Waals surface area contributed by atoms with Gasteiger partial charge in [-0.2, -0.15) is 0 Å². The number of rotatable bonds is 6. The summed E-state index contributed by atoms with van der Waals surface area (Å²) >= 11 is 0.